The molecule has 0 aromatic heterocycles. The number of carbonyl (C=O) groups excluding carboxylic acids is 10. The number of hydrogen-bond donors (Lipinski definition) is 4. The molecule has 4 N–H and O–H groups in total. The molecule has 1 saturated heterocycles. The second kappa shape index (κ2) is 22.2. The minimum Gasteiger partial charge on any atom is -0.455 e. The molecule has 2 aliphatic heterocycles. The van der Waals surface area contributed by atoms with Gasteiger partial charge < -0.3 is 49.3 Å². The molecule has 0 radical (unpaired) electrons. The first-order valence-electron chi connectivity index (χ1n) is 25.5. The Morgan fingerprint density at radius 2 is 1.40 bits per heavy atom. The average molecular weight is 1080 g/mol. The Hall–Kier alpha value is -7.88. The van der Waals surface area contributed by atoms with Crippen molar-refractivity contribution in [1.82, 2.24) is 15.5 Å². The number of rotatable bonds is 17. The molecule has 412 valence electrons. The number of carbonyl (C=O) groups is 10. The lowest BCUT2D eigenvalue weighted by atomic mass is 9.44. The standard InChI is InChI=1S/C57H61N3O18/c1-31-37(75-53(71)47(45(34-16-10-7-11-17-34)59-51(69)35-18-12-8-13-19-35)76-43(67)25-22-40(64)58-26-27-60-41(65)23-24-42(60)66)29-57(72)50(77-52(70)36-20-14-9-15-21-36)48-55(6,38(63)28-39-56(48,30-73-39)78-33(3)62)49(68)46(74-32(2)61)44(31)54(57,4)5/h7-21,23-24,37-39,45-48,50,63,72H,22,25-30H2,1-6H3,(H,58,64)(H,59,69)/t37-,38-,39+,45-,46+,47+,48-,50-,55+,56-,57+/m0/s1. The van der Waals surface area contributed by atoms with Crippen LogP contribution in [0, 0.1) is 16.7 Å². The predicted molar refractivity (Wildman–Crippen MR) is 270 cm³/mol. The van der Waals surface area contributed by atoms with Gasteiger partial charge in [0.25, 0.3) is 17.7 Å². The number of ether oxygens (including phenoxy) is 6. The molecule has 0 spiro atoms. The Labute approximate surface area is 448 Å². The lowest BCUT2D eigenvalue weighted by Crippen LogP contribution is -2.82. The van der Waals surface area contributed by atoms with Gasteiger partial charge in [0, 0.05) is 69.3 Å². The van der Waals surface area contributed by atoms with Crippen molar-refractivity contribution in [2.24, 2.45) is 16.7 Å². The summed E-state index contributed by atoms with van der Waals surface area (Å²) in [6.45, 7) is 7.36. The maximum atomic E-state index is 15.8. The van der Waals surface area contributed by atoms with E-state index in [1.165, 1.54) is 52.0 Å². The smallest absolute Gasteiger partial charge is 0.350 e. The molecule has 21 heteroatoms. The number of benzene rings is 3. The van der Waals surface area contributed by atoms with Crippen LogP contribution in [-0.4, -0.2) is 142 Å². The van der Waals surface area contributed by atoms with Gasteiger partial charge in [-0.3, -0.25) is 43.3 Å². The Balaban J connectivity index is 1.22. The van der Waals surface area contributed by atoms with Crippen molar-refractivity contribution in [3.05, 3.63) is 131 Å². The molecule has 0 unspecified atom stereocenters. The van der Waals surface area contributed by atoms with Gasteiger partial charge in [-0.25, -0.2) is 9.59 Å². The summed E-state index contributed by atoms with van der Waals surface area (Å²) in [6.07, 6.45) is -10.2. The molecule has 2 bridgehead atoms. The number of hydrogen-bond acceptors (Lipinski definition) is 18. The largest absolute Gasteiger partial charge is 0.455 e. The Morgan fingerprint density at radius 3 is 1.97 bits per heavy atom. The van der Waals surface area contributed by atoms with E-state index < -0.39 is 149 Å². The van der Waals surface area contributed by atoms with Crippen molar-refractivity contribution in [2.45, 2.75) is 121 Å². The summed E-state index contributed by atoms with van der Waals surface area (Å²) >= 11 is 0. The fourth-order valence-corrected chi connectivity index (χ4v) is 11.7. The van der Waals surface area contributed by atoms with Gasteiger partial charge >= 0.3 is 29.8 Å². The normalized spacial score (nSPS) is 28.5. The zero-order chi connectivity index (χ0) is 56.5. The van der Waals surface area contributed by atoms with Crippen molar-refractivity contribution >= 4 is 59.3 Å². The lowest BCUT2D eigenvalue weighted by Gasteiger charge is -2.67. The maximum absolute atomic E-state index is 15.8. The summed E-state index contributed by atoms with van der Waals surface area (Å²) in [5, 5.41) is 31.5. The number of esters is 5. The fraction of sp³-hybridized carbons (Fsp3) is 0.439. The molecule has 3 aromatic carbocycles. The summed E-state index contributed by atoms with van der Waals surface area (Å²) < 4.78 is 36.7. The molecule has 21 nitrogen and oxygen atoms in total. The quantitative estimate of drug-likeness (QED) is 0.0654. The third kappa shape index (κ3) is 10.5. The van der Waals surface area contributed by atoms with Crippen LogP contribution >= 0.6 is 0 Å². The van der Waals surface area contributed by atoms with E-state index in [4.69, 9.17) is 28.4 Å². The van der Waals surface area contributed by atoms with Crippen molar-refractivity contribution in [1.29, 1.82) is 0 Å². The third-order valence-electron chi connectivity index (χ3n) is 15.8. The van der Waals surface area contributed by atoms with Crippen LogP contribution in [-0.2, 0) is 66.8 Å². The third-order valence-corrected chi connectivity index (χ3v) is 15.8. The molecular formula is C57H61N3O18. The molecule has 4 amide bonds. The SMILES string of the molecule is CC(=O)O[C@H]1C(=O)[C@@]2(C)[C@H]([C@H](OC(=O)c3ccccc3)[C@]3(O)C[C@H](OC(=O)[C@H](OC(=O)CCC(=O)NCCN4C(=O)C=CC4=O)[C@@H](NC(=O)c4ccccc4)c4ccccc4)C(C)=C1C3(C)C)[C@]1(OC(C)=O)CO[C@@H]1C[C@@H]2O. The summed E-state index contributed by atoms with van der Waals surface area (Å²) in [7, 11) is 0. The Morgan fingerprint density at radius 1 is 0.795 bits per heavy atom. The fourth-order valence-electron chi connectivity index (χ4n) is 11.7. The first-order chi connectivity index (χ1) is 36.9. The second-order valence-corrected chi connectivity index (χ2v) is 20.8. The van der Waals surface area contributed by atoms with E-state index in [0.29, 0.717) is 0 Å². The summed E-state index contributed by atoms with van der Waals surface area (Å²) in [6, 6.07) is 22.0. The second-order valence-electron chi connectivity index (χ2n) is 20.8. The molecule has 5 aliphatic rings. The highest BCUT2D eigenvalue weighted by atomic mass is 16.6. The van der Waals surface area contributed by atoms with Crippen molar-refractivity contribution in [2.75, 3.05) is 19.7 Å². The van der Waals surface area contributed by atoms with Crippen LogP contribution in [0.25, 0.3) is 0 Å². The highest BCUT2D eigenvalue weighted by Crippen LogP contribution is 2.64. The van der Waals surface area contributed by atoms with Crippen molar-refractivity contribution in [3.63, 3.8) is 0 Å². The van der Waals surface area contributed by atoms with E-state index in [1.54, 1.807) is 66.7 Å². The number of nitrogens with zero attached hydrogens (tertiary/aromatic N) is 1. The number of imide groups is 1. The van der Waals surface area contributed by atoms with Gasteiger partial charge in [-0.15, -0.1) is 0 Å². The van der Waals surface area contributed by atoms with Gasteiger partial charge in [-0.2, -0.15) is 0 Å². The number of ketones is 1. The van der Waals surface area contributed by atoms with Gasteiger partial charge in [0.15, 0.2) is 17.5 Å². The van der Waals surface area contributed by atoms with Gasteiger partial charge in [-0.05, 0) is 54.8 Å². The van der Waals surface area contributed by atoms with Gasteiger partial charge in [0.05, 0.1) is 36.0 Å². The van der Waals surface area contributed by atoms with Crippen LogP contribution in [0.15, 0.2) is 114 Å². The predicted octanol–water partition coefficient (Wildman–Crippen LogP) is 3.11. The zero-order valence-corrected chi connectivity index (χ0v) is 43.8. The molecule has 8 rings (SSSR count). The van der Waals surface area contributed by atoms with Gasteiger partial charge in [-0.1, -0.05) is 80.6 Å². The Bertz CT molecular complexity index is 2940. The van der Waals surface area contributed by atoms with E-state index in [1.807, 2.05) is 0 Å². The molecule has 3 aromatic rings. The summed E-state index contributed by atoms with van der Waals surface area (Å²) in [5.41, 5.74) is -7.94. The highest BCUT2D eigenvalue weighted by Gasteiger charge is 2.78. The first kappa shape index (κ1) is 56.3. The number of Topliss-reactive ketones (excluding diaryl/α,β-unsaturated/α-hetero) is 1. The summed E-state index contributed by atoms with van der Waals surface area (Å²) in [4.78, 5) is 138. The maximum Gasteiger partial charge on any atom is 0.350 e. The number of aliphatic hydroxyl groups is 2. The minimum absolute atomic E-state index is 0.0103. The molecule has 3 aliphatic carbocycles. The van der Waals surface area contributed by atoms with E-state index in [-0.39, 0.29) is 54.0 Å². The molecule has 2 heterocycles. The highest BCUT2D eigenvalue weighted by molar-refractivity contribution is 6.13. The summed E-state index contributed by atoms with van der Waals surface area (Å²) in [5.74, 6) is -10.3. The number of aliphatic hydroxyl groups excluding tert-OH is 1. The van der Waals surface area contributed by atoms with Crippen LogP contribution in [0.5, 0.6) is 0 Å². The number of fused-ring (bicyclic) bond motifs is 5. The molecule has 11 atom stereocenters. The van der Waals surface area contributed by atoms with E-state index in [2.05, 4.69) is 10.6 Å². The van der Waals surface area contributed by atoms with Crippen LogP contribution in [0.1, 0.15) is 99.5 Å². The number of amides is 4. The monoisotopic (exact) mass is 1080 g/mol. The molecule has 3 fully saturated rings. The number of nitrogens with one attached hydrogen (secondary N) is 2. The molecular weight excluding hydrogens is 1010 g/mol. The van der Waals surface area contributed by atoms with Crippen molar-refractivity contribution in [3.8, 4) is 0 Å². The zero-order valence-electron chi connectivity index (χ0n) is 43.8. The van der Waals surface area contributed by atoms with Crippen molar-refractivity contribution < 1.29 is 86.6 Å². The minimum atomic E-state index is -2.53. The Kier molecular flexibility index (Phi) is 16.1. The van der Waals surface area contributed by atoms with Crippen LogP contribution in [0.2, 0.25) is 0 Å². The average Bonchev–Trinajstić information content (AvgIpc) is 3.28. The van der Waals surface area contributed by atoms with Crippen LogP contribution in [0.3, 0.4) is 0 Å². The van der Waals surface area contributed by atoms with Crippen LogP contribution < -0.4 is 10.6 Å². The van der Waals surface area contributed by atoms with Crippen LogP contribution in [0.4, 0.5) is 0 Å². The van der Waals surface area contributed by atoms with Gasteiger partial charge in [0.1, 0.15) is 30.0 Å². The van der Waals surface area contributed by atoms with E-state index >= 15 is 9.59 Å². The molecule has 2 saturated carbocycles. The first-order valence-corrected chi connectivity index (χ1v) is 25.5. The molecule has 78 heavy (non-hydrogen) atoms. The topological polar surface area (TPSA) is 294 Å². The van der Waals surface area contributed by atoms with Gasteiger partial charge in [0.2, 0.25) is 12.0 Å². The lowest BCUT2D eigenvalue weighted by molar-refractivity contribution is -0.346. The van der Waals surface area contributed by atoms with E-state index in [9.17, 15) is 48.6 Å². The van der Waals surface area contributed by atoms with E-state index in [0.717, 1.165) is 30.9 Å².